The van der Waals surface area contributed by atoms with Crippen LogP contribution in [0.3, 0.4) is 0 Å². The first-order chi connectivity index (χ1) is 6.21. The van der Waals surface area contributed by atoms with Gasteiger partial charge in [0.2, 0.25) is 0 Å². The molecule has 13 heavy (non-hydrogen) atoms. The fourth-order valence-electron chi connectivity index (χ4n) is 2.12. The van der Waals surface area contributed by atoms with Gasteiger partial charge in [0.15, 0.2) is 0 Å². The lowest BCUT2D eigenvalue weighted by atomic mass is 10.4. The Labute approximate surface area is 80.7 Å². The van der Waals surface area contributed by atoms with Crippen molar-refractivity contribution in [3.05, 3.63) is 30.3 Å². The predicted octanol–water partition coefficient (Wildman–Crippen LogP) is 1.93. The van der Waals surface area contributed by atoms with Crippen LogP contribution in [0.5, 0.6) is 0 Å². The molecule has 1 aromatic rings. The summed E-state index contributed by atoms with van der Waals surface area (Å²) < 4.78 is 5.68. The van der Waals surface area contributed by atoms with Crippen molar-refractivity contribution in [1.82, 2.24) is 0 Å². The summed E-state index contributed by atoms with van der Waals surface area (Å²) in [4.78, 5) is 0. The van der Waals surface area contributed by atoms with Gasteiger partial charge in [0.05, 0.1) is 6.10 Å². The van der Waals surface area contributed by atoms with E-state index >= 15 is 0 Å². The first-order valence-electron chi connectivity index (χ1n) is 4.88. The van der Waals surface area contributed by atoms with E-state index in [-0.39, 0.29) is 0 Å². The molecule has 2 rings (SSSR count). The number of benzene rings is 1. The van der Waals surface area contributed by atoms with Crippen molar-refractivity contribution < 1.29 is 4.74 Å². The smallest absolute Gasteiger partial charge is 0.115 e. The third-order valence-electron chi connectivity index (χ3n) is 2.90. The summed E-state index contributed by atoms with van der Waals surface area (Å²) in [5.74, 6) is 0. The Balaban J connectivity index is 2.26. The SMILES string of the molecule is CC1C[Si](C)(c2ccccc2)CO1. The summed E-state index contributed by atoms with van der Waals surface area (Å²) in [6, 6.07) is 12.1. The summed E-state index contributed by atoms with van der Waals surface area (Å²) in [6.45, 7) is 4.60. The summed E-state index contributed by atoms with van der Waals surface area (Å²) >= 11 is 0. The molecular weight excluding hydrogens is 176 g/mol. The van der Waals surface area contributed by atoms with Crippen molar-refractivity contribution in [3.8, 4) is 0 Å². The largest absolute Gasteiger partial charge is 0.382 e. The average molecular weight is 192 g/mol. The molecule has 2 atom stereocenters. The van der Waals surface area contributed by atoms with Gasteiger partial charge in [-0.25, -0.2) is 0 Å². The zero-order valence-corrected chi connectivity index (χ0v) is 9.29. The van der Waals surface area contributed by atoms with Crippen LogP contribution in [0.4, 0.5) is 0 Å². The Morgan fingerprint density at radius 3 is 2.54 bits per heavy atom. The van der Waals surface area contributed by atoms with E-state index in [4.69, 9.17) is 4.74 Å². The van der Waals surface area contributed by atoms with Crippen molar-refractivity contribution in [2.75, 3.05) is 6.23 Å². The van der Waals surface area contributed by atoms with Gasteiger partial charge >= 0.3 is 0 Å². The molecule has 0 N–H and O–H groups in total. The van der Waals surface area contributed by atoms with Crippen LogP contribution in [0.15, 0.2) is 30.3 Å². The number of hydrogen-bond acceptors (Lipinski definition) is 1. The van der Waals surface area contributed by atoms with E-state index in [9.17, 15) is 0 Å². The second kappa shape index (κ2) is 3.27. The van der Waals surface area contributed by atoms with Crippen molar-refractivity contribution in [1.29, 1.82) is 0 Å². The van der Waals surface area contributed by atoms with Crippen molar-refractivity contribution in [3.63, 3.8) is 0 Å². The summed E-state index contributed by atoms with van der Waals surface area (Å²) in [5.41, 5.74) is 0. The molecular formula is C11H16OSi. The predicted molar refractivity (Wildman–Crippen MR) is 57.9 cm³/mol. The topological polar surface area (TPSA) is 9.23 Å². The van der Waals surface area contributed by atoms with Gasteiger partial charge in [-0.2, -0.15) is 0 Å². The normalized spacial score (nSPS) is 33.5. The molecule has 0 amide bonds. The Morgan fingerprint density at radius 1 is 1.31 bits per heavy atom. The molecule has 0 aromatic heterocycles. The van der Waals surface area contributed by atoms with E-state index in [0.717, 1.165) is 6.23 Å². The van der Waals surface area contributed by atoms with Gasteiger partial charge in [0.25, 0.3) is 0 Å². The highest BCUT2D eigenvalue weighted by Crippen LogP contribution is 2.22. The Morgan fingerprint density at radius 2 is 2.00 bits per heavy atom. The molecule has 1 aliphatic heterocycles. The maximum Gasteiger partial charge on any atom is 0.115 e. The zero-order chi connectivity index (χ0) is 9.31. The number of hydrogen-bond donors (Lipinski definition) is 0. The first kappa shape index (κ1) is 8.97. The van der Waals surface area contributed by atoms with E-state index in [2.05, 4.69) is 43.8 Å². The van der Waals surface area contributed by atoms with E-state index in [1.165, 1.54) is 6.04 Å². The molecule has 0 bridgehead atoms. The van der Waals surface area contributed by atoms with Gasteiger partial charge in [-0.1, -0.05) is 42.1 Å². The molecule has 1 nitrogen and oxygen atoms in total. The monoisotopic (exact) mass is 192 g/mol. The maximum atomic E-state index is 5.68. The third kappa shape index (κ3) is 1.69. The maximum absolute atomic E-state index is 5.68. The van der Waals surface area contributed by atoms with E-state index in [0.29, 0.717) is 6.10 Å². The zero-order valence-electron chi connectivity index (χ0n) is 8.29. The fourth-order valence-corrected chi connectivity index (χ4v) is 5.68. The fraction of sp³-hybridized carbons (Fsp3) is 0.455. The molecule has 1 saturated heterocycles. The molecule has 1 aromatic carbocycles. The first-order valence-corrected chi connectivity index (χ1v) is 7.79. The third-order valence-corrected chi connectivity index (χ3v) is 6.90. The lowest BCUT2D eigenvalue weighted by Crippen LogP contribution is -2.45. The summed E-state index contributed by atoms with van der Waals surface area (Å²) in [5, 5.41) is 1.54. The van der Waals surface area contributed by atoms with E-state index in [1.54, 1.807) is 5.19 Å². The number of rotatable bonds is 1. The second-order valence-electron chi connectivity index (χ2n) is 4.25. The standard InChI is InChI=1S/C11H16OSi/c1-10-8-13(2,9-12-10)11-6-4-3-5-7-11/h3-7,10H,8-9H2,1-2H3. The molecule has 70 valence electrons. The molecule has 0 radical (unpaired) electrons. The van der Waals surface area contributed by atoms with Gasteiger partial charge in [0, 0.05) is 6.23 Å². The van der Waals surface area contributed by atoms with Crippen LogP contribution in [-0.2, 0) is 4.74 Å². The average Bonchev–Trinajstić information content (AvgIpc) is 2.49. The molecule has 0 saturated carbocycles. The van der Waals surface area contributed by atoms with Crippen LogP contribution >= 0.6 is 0 Å². The van der Waals surface area contributed by atoms with Crippen LogP contribution in [-0.4, -0.2) is 20.4 Å². The van der Waals surface area contributed by atoms with Gasteiger partial charge in [0.1, 0.15) is 8.07 Å². The van der Waals surface area contributed by atoms with Crippen LogP contribution in [0, 0.1) is 0 Å². The molecule has 1 fully saturated rings. The van der Waals surface area contributed by atoms with Gasteiger partial charge in [-0.05, 0) is 13.0 Å². The number of ether oxygens (including phenoxy) is 1. The minimum atomic E-state index is -1.25. The highest BCUT2D eigenvalue weighted by molar-refractivity contribution is 6.91. The Kier molecular flexibility index (Phi) is 2.26. The van der Waals surface area contributed by atoms with Crippen LogP contribution in [0.2, 0.25) is 12.6 Å². The Hall–Kier alpha value is -0.603. The van der Waals surface area contributed by atoms with Crippen LogP contribution < -0.4 is 5.19 Å². The Bertz CT molecular complexity index is 285. The summed E-state index contributed by atoms with van der Waals surface area (Å²) in [7, 11) is -1.25. The molecule has 1 aliphatic rings. The van der Waals surface area contributed by atoms with Crippen LogP contribution in [0.1, 0.15) is 6.92 Å². The van der Waals surface area contributed by atoms with Gasteiger partial charge in [-0.15, -0.1) is 0 Å². The second-order valence-corrected chi connectivity index (χ2v) is 8.65. The van der Waals surface area contributed by atoms with Crippen molar-refractivity contribution in [2.45, 2.75) is 25.6 Å². The van der Waals surface area contributed by atoms with Crippen molar-refractivity contribution >= 4 is 13.3 Å². The minimum absolute atomic E-state index is 0.469. The molecule has 2 heteroatoms. The van der Waals surface area contributed by atoms with Crippen molar-refractivity contribution in [2.24, 2.45) is 0 Å². The quantitative estimate of drug-likeness (QED) is 0.618. The van der Waals surface area contributed by atoms with Gasteiger partial charge in [-0.3, -0.25) is 0 Å². The lowest BCUT2D eigenvalue weighted by molar-refractivity contribution is 0.136. The highest BCUT2D eigenvalue weighted by atomic mass is 28.3. The molecule has 2 unspecified atom stereocenters. The lowest BCUT2D eigenvalue weighted by Gasteiger charge is -2.19. The molecule has 0 aliphatic carbocycles. The van der Waals surface area contributed by atoms with E-state index in [1.807, 2.05) is 0 Å². The van der Waals surface area contributed by atoms with Gasteiger partial charge < -0.3 is 4.74 Å². The highest BCUT2D eigenvalue weighted by Gasteiger charge is 2.37. The van der Waals surface area contributed by atoms with Crippen LogP contribution in [0.25, 0.3) is 0 Å². The molecule has 0 spiro atoms. The minimum Gasteiger partial charge on any atom is -0.382 e. The van der Waals surface area contributed by atoms with E-state index < -0.39 is 8.07 Å². The summed E-state index contributed by atoms with van der Waals surface area (Å²) in [6.07, 6.45) is 1.47. The molecule has 1 heterocycles.